The Morgan fingerprint density at radius 1 is 0.343 bits per heavy atom. The SMILES string of the molecule is CC/C=C\C/C=C\C/C=C\C/C=C\C/C=C\C/C=C\C/C=C\C/C=C\C/C=C\CCCCCCCC(=O)OC(CO)COC(=O)CCCCCCCCCCCCC/C=C\C/C=C\CCCCCCC. The van der Waals surface area contributed by atoms with Crippen molar-refractivity contribution in [2.24, 2.45) is 0 Å². The molecule has 1 N–H and O–H groups in total. The molecule has 0 aliphatic rings. The monoisotopic (exact) mass is 967 g/mol. The summed E-state index contributed by atoms with van der Waals surface area (Å²) in [5.74, 6) is -0.620. The van der Waals surface area contributed by atoms with E-state index in [4.69, 9.17) is 9.47 Å². The lowest BCUT2D eigenvalue weighted by Crippen LogP contribution is -2.28. The van der Waals surface area contributed by atoms with E-state index in [9.17, 15) is 14.7 Å². The number of aliphatic hydroxyl groups excluding tert-OH is 1. The molecule has 0 aromatic carbocycles. The number of hydrogen-bond acceptors (Lipinski definition) is 5. The van der Waals surface area contributed by atoms with Crippen LogP contribution in [0.15, 0.2) is 134 Å². The molecule has 0 heterocycles. The third-order valence-corrected chi connectivity index (χ3v) is 11.9. The lowest BCUT2D eigenvalue weighted by molar-refractivity contribution is -0.161. The summed E-state index contributed by atoms with van der Waals surface area (Å²) in [4.78, 5) is 24.5. The van der Waals surface area contributed by atoms with Gasteiger partial charge in [-0.05, 0) is 116 Å². The highest BCUT2D eigenvalue weighted by atomic mass is 16.6. The molecule has 0 aromatic heterocycles. The Balaban J connectivity index is 3.62. The zero-order valence-corrected chi connectivity index (χ0v) is 45.2. The van der Waals surface area contributed by atoms with Crippen molar-refractivity contribution in [3.63, 3.8) is 0 Å². The molecular formula is C65H106O5. The van der Waals surface area contributed by atoms with Crippen LogP contribution < -0.4 is 0 Å². The van der Waals surface area contributed by atoms with E-state index >= 15 is 0 Å². The zero-order valence-electron chi connectivity index (χ0n) is 45.2. The Hall–Kier alpha value is -3.96. The van der Waals surface area contributed by atoms with Gasteiger partial charge < -0.3 is 14.6 Å². The lowest BCUT2D eigenvalue weighted by atomic mass is 10.0. The summed E-state index contributed by atoms with van der Waals surface area (Å²) < 4.78 is 10.7. The van der Waals surface area contributed by atoms with E-state index in [1.807, 2.05) is 0 Å². The molecule has 0 fully saturated rings. The number of carbonyl (C=O) groups is 2. The molecule has 0 rings (SSSR count). The molecule has 0 aromatic rings. The minimum Gasteiger partial charge on any atom is -0.462 e. The summed E-state index contributed by atoms with van der Waals surface area (Å²) >= 11 is 0. The second kappa shape index (κ2) is 59.3. The summed E-state index contributed by atoms with van der Waals surface area (Å²) in [5.41, 5.74) is 0. The van der Waals surface area contributed by atoms with Gasteiger partial charge in [-0.2, -0.15) is 0 Å². The maximum Gasteiger partial charge on any atom is 0.306 e. The van der Waals surface area contributed by atoms with Gasteiger partial charge in [0, 0.05) is 12.8 Å². The Morgan fingerprint density at radius 2 is 0.614 bits per heavy atom. The fourth-order valence-electron chi connectivity index (χ4n) is 7.64. The van der Waals surface area contributed by atoms with E-state index in [0.29, 0.717) is 12.8 Å². The van der Waals surface area contributed by atoms with Crippen LogP contribution in [-0.4, -0.2) is 36.4 Å². The van der Waals surface area contributed by atoms with E-state index in [2.05, 4.69) is 148 Å². The normalized spacial score (nSPS) is 13.2. The topological polar surface area (TPSA) is 72.8 Å². The summed E-state index contributed by atoms with van der Waals surface area (Å²) in [6, 6.07) is 0. The second-order valence-electron chi connectivity index (χ2n) is 18.6. The van der Waals surface area contributed by atoms with E-state index in [0.717, 1.165) is 122 Å². The van der Waals surface area contributed by atoms with Crippen molar-refractivity contribution in [1.82, 2.24) is 0 Å². The Labute approximate surface area is 432 Å². The van der Waals surface area contributed by atoms with Crippen LogP contribution in [0.5, 0.6) is 0 Å². The first-order valence-electron chi connectivity index (χ1n) is 28.7. The molecule has 5 nitrogen and oxygen atoms in total. The van der Waals surface area contributed by atoms with Crippen LogP contribution in [0.25, 0.3) is 0 Å². The fraction of sp³-hybridized carbons (Fsp3) is 0.631. The minimum absolute atomic E-state index is 0.0825. The van der Waals surface area contributed by atoms with E-state index in [1.165, 1.54) is 96.3 Å². The number of unbranched alkanes of at least 4 members (excludes halogenated alkanes) is 21. The molecule has 0 amide bonds. The molecule has 0 bridgehead atoms. The highest BCUT2D eigenvalue weighted by Crippen LogP contribution is 2.14. The first-order valence-corrected chi connectivity index (χ1v) is 28.7. The molecule has 1 unspecified atom stereocenters. The molecule has 1 atom stereocenters. The average molecular weight is 968 g/mol. The first kappa shape index (κ1) is 66.0. The lowest BCUT2D eigenvalue weighted by Gasteiger charge is -2.15. The van der Waals surface area contributed by atoms with Crippen LogP contribution in [0.3, 0.4) is 0 Å². The van der Waals surface area contributed by atoms with Gasteiger partial charge in [0.1, 0.15) is 6.61 Å². The van der Waals surface area contributed by atoms with Gasteiger partial charge in [0.05, 0.1) is 6.61 Å². The third kappa shape index (κ3) is 56.6. The van der Waals surface area contributed by atoms with Crippen LogP contribution in [-0.2, 0) is 19.1 Å². The molecule has 396 valence electrons. The van der Waals surface area contributed by atoms with Crippen molar-refractivity contribution in [3.8, 4) is 0 Å². The van der Waals surface area contributed by atoms with Crippen LogP contribution in [0.1, 0.15) is 245 Å². The Kier molecular flexibility index (Phi) is 56.0. The van der Waals surface area contributed by atoms with Crippen LogP contribution in [0, 0.1) is 0 Å². The third-order valence-electron chi connectivity index (χ3n) is 11.9. The molecule has 0 spiro atoms. The van der Waals surface area contributed by atoms with Gasteiger partial charge in [-0.25, -0.2) is 0 Å². The summed E-state index contributed by atoms with van der Waals surface area (Å²) in [6.45, 7) is 4.00. The number of allylic oxidation sites excluding steroid dienone is 22. The van der Waals surface area contributed by atoms with Crippen molar-refractivity contribution < 1.29 is 24.2 Å². The Bertz CT molecular complexity index is 1470. The predicted molar refractivity (Wildman–Crippen MR) is 306 cm³/mol. The number of esters is 2. The van der Waals surface area contributed by atoms with Crippen molar-refractivity contribution >= 4 is 11.9 Å². The maximum atomic E-state index is 12.3. The standard InChI is InChI=1S/C65H106O5/c1-3-5-7-9-11-13-15-17-19-21-23-25-27-28-29-30-31-32-33-34-35-36-38-40-42-44-46-48-50-52-54-56-58-60-65(68)70-63(61-66)62-69-64(67)59-57-55-53-51-49-47-45-43-41-39-37-26-24-22-20-18-16-14-12-10-8-6-4-2/h5,7,11,13,16-19,22-25,28-29,31-32,34-35,38,40,44,46,63,66H,3-4,6,8-10,12,14-15,20-21,26-27,30,33,36-37,39,41-43,45,47-62H2,1-2H3/b7-5-,13-11-,18-16-,19-17-,24-22-,25-23-,29-28-,32-31-,35-34-,40-38-,46-44-. The summed E-state index contributed by atoms with van der Waals surface area (Å²) in [6.07, 6.45) is 88.4. The highest BCUT2D eigenvalue weighted by Gasteiger charge is 2.16. The molecule has 0 saturated carbocycles. The van der Waals surface area contributed by atoms with Gasteiger partial charge in [0.2, 0.25) is 0 Å². The number of rotatable bonds is 51. The number of aliphatic hydroxyl groups is 1. The number of hydrogen-bond donors (Lipinski definition) is 1. The van der Waals surface area contributed by atoms with Gasteiger partial charge >= 0.3 is 11.9 Å². The van der Waals surface area contributed by atoms with Gasteiger partial charge in [-0.15, -0.1) is 0 Å². The zero-order chi connectivity index (χ0) is 50.6. The van der Waals surface area contributed by atoms with Crippen molar-refractivity contribution in [1.29, 1.82) is 0 Å². The molecule has 0 aliphatic carbocycles. The second-order valence-corrected chi connectivity index (χ2v) is 18.6. The van der Waals surface area contributed by atoms with E-state index in [-0.39, 0.29) is 25.2 Å². The molecule has 5 heteroatoms. The largest absolute Gasteiger partial charge is 0.462 e. The smallest absolute Gasteiger partial charge is 0.306 e. The molecule has 0 radical (unpaired) electrons. The van der Waals surface area contributed by atoms with E-state index < -0.39 is 6.10 Å². The van der Waals surface area contributed by atoms with Crippen LogP contribution in [0.2, 0.25) is 0 Å². The van der Waals surface area contributed by atoms with Crippen LogP contribution >= 0.6 is 0 Å². The van der Waals surface area contributed by atoms with E-state index in [1.54, 1.807) is 0 Å². The fourth-order valence-corrected chi connectivity index (χ4v) is 7.64. The number of ether oxygens (including phenoxy) is 2. The van der Waals surface area contributed by atoms with Crippen molar-refractivity contribution in [2.75, 3.05) is 13.2 Å². The Morgan fingerprint density at radius 3 is 0.929 bits per heavy atom. The molecule has 0 aliphatic heterocycles. The summed E-state index contributed by atoms with van der Waals surface area (Å²) in [5, 5.41) is 9.66. The van der Waals surface area contributed by atoms with Crippen molar-refractivity contribution in [3.05, 3.63) is 134 Å². The molecule has 70 heavy (non-hydrogen) atoms. The van der Waals surface area contributed by atoms with Crippen LogP contribution in [0.4, 0.5) is 0 Å². The van der Waals surface area contributed by atoms with Gasteiger partial charge in [-0.1, -0.05) is 250 Å². The average Bonchev–Trinajstić information content (AvgIpc) is 3.36. The molecular weight excluding hydrogens is 861 g/mol. The highest BCUT2D eigenvalue weighted by molar-refractivity contribution is 5.70. The van der Waals surface area contributed by atoms with Gasteiger partial charge in [0.15, 0.2) is 6.10 Å². The quantitative estimate of drug-likeness (QED) is 0.0374. The molecule has 0 saturated heterocycles. The first-order chi connectivity index (χ1) is 34.6. The maximum absolute atomic E-state index is 12.3. The van der Waals surface area contributed by atoms with Gasteiger partial charge in [-0.3, -0.25) is 9.59 Å². The number of carbonyl (C=O) groups excluding carboxylic acids is 2. The van der Waals surface area contributed by atoms with Gasteiger partial charge in [0.25, 0.3) is 0 Å². The summed E-state index contributed by atoms with van der Waals surface area (Å²) in [7, 11) is 0. The van der Waals surface area contributed by atoms with Crippen molar-refractivity contribution in [2.45, 2.75) is 251 Å². The predicted octanol–water partition coefficient (Wildman–Crippen LogP) is 19.6. The minimum atomic E-state index is -0.794.